The fourth-order valence-electron chi connectivity index (χ4n) is 5.77. The molecule has 3 aromatic carbocycles. The topological polar surface area (TPSA) is 136 Å². The fourth-order valence-corrected chi connectivity index (χ4v) is 5.95. The molecule has 0 fully saturated rings. The number of methoxy groups -OCH3 is 1. The smallest absolute Gasteiger partial charge is 0.411 e. The van der Waals surface area contributed by atoms with Gasteiger partial charge in [-0.1, -0.05) is 48.4 Å². The number of rotatable bonds is 4. The largest absolute Gasteiger partial charge is 0.618 e. The van der Waals surface area contributed by atoms with Gasteiger partial charge in [0.1, 0.15) is 6.07 Å². The Kier molecular flexibility index (Phi) is 8.68. The zero-order valence-corrected chi connectivity index (χ0v) is 25.6. The number of ether oxygens (including phenoxy) is 1. The van der Waals surface area contributed by atoms with Crippen LogP contribution < -0.4 is 15.4 Å². The first-order valence-corrected chi connectivity index (χ1v) is 15.1. The molecule has 0 saturated carbocycles. The lowest BCUT2D eigenvalue weighted by molar-refractivity contribution is -0.614. The molecular weight excluding hydrogens is 604 g/mol. The van der Waals surface area contributed by atoms with Crippen molar-refractivity contribution in [3.8, 4) is 34.0 Å². The number of halogens is 1. The molecule has 0 aliphatic carbocycles. The Hall–Kier alpha value is -5.66. The van der Waals surface area contributed by atoms with E-state index in [1.54, 1.807) is 41.2 Å². The SMILES string of the molecule is COC(=O)Nc1ccc2c(c1)NC(=O)CCCC[C@H](c1ccc(-c3cc(Cl)ccc3-n3cc(C#N)cn3)c[n+]1[O-])c1cccc-2c1. The summed E-state index contributed by atoms with van der Waals surface area (Å²) in [7, 11) is 1.29. The van der Waals surface area contributed by atoms with Crippen LogP contribution in [0.15, 0.2) is 91.4 Å². The summed E-state index contributed by atoms with van der Waals surface area (Å²) in [6.45, 7) is 0. The average Bonchev–Trinajstić information content (AvgIpc) is 3.54. The van der Waals surface area contributed by atoms with Crippen LogP contribution in [0.4, 0.5) is 16.2 Å². The van der Waals surface area contributed by atoms with E-state index in [0.717, 1.165) is 27.8 Å². The molecule has 1 aliphatic heterocycles. The molecular formula is C35H29ClN6O4. The van der Waals surface area contributed by atoms with Crippen LogP contribution in [-0.2, 0) is 9.53 Å². The molecule has 46 heavy (non-hydrogen) atoms. The Balaban J connectivity index is 1.39. The van der Waals surface area contributed by atoms with Crippen LogP contribution in [0.1, 0.15) is 48.4 Å². The molecule has 2 aromatic heterocycles. The van der Waals surface area contributed by atoms with E-state index in [9.17, 15) is 20.1 Å². The van der Waals surface area contributed by atoms with Crippen molar-refractivity contribution in [1.82, 2.24) is 9.78 Å². The molecule has 1 aliphatic rings. The maximum absolute atomic E-state index is 13.8. The van der Waals surface area contributed by atoms with Crippen LogP contribution >= 0.6 is 11.6 Å². The predicted octanol–water partition coefficient (Wildman–Crippen LogP) is 7.19. The molecule has 0 spiro atoms. The molecule has 0 unspecified atom stereocenters. The summed E-state index contributed by atoms with van der Waals surface area (Å²) in [6.07, 6.45) is 6.37. The van der Waals surface area contributed by atoms with E-state index in [0.29, 0.717) is 63.7 Å². The molecule has 1 atom stereocenters. The van der Waals surface area contributed by atoms with Crippen molar-refractivity contribution >= 4 is 35.0 Å². The number of hydrogen-bond donors (Lipinski definition) is 2. The number of nitriles is 1. The van der Waals surface area contributed by atoms with Gasteiger partial charge in [0.25, 0.3) is 0 Å². The molecule has 2 N–H and O–H groups in total. The molecule has 230 valence electrons. The summed E-state index contributed by atoms with van der Waals surface area (Å²) in [4.78, 5) is 24.7. The summed E-state index contributed by atoms with van der Waals surface area (Å²) in [5.41, 5.74) is 6.67. The van der Waals surface area contributed by atoms with Gasteiger partial charge < -0.3 is 15.3 Å². The van der Waals surface area contributed by atoms with Gasteiger partial charge in [-0.25, -0.2) is 9.48 Å². The van der Waals surface area contributed by atoms with E-state index in [-0.39, 0.29) is 11.8 Å². The van der Waals surface area contributed by atoms with Crippen molar-refractivity contribution in [2.75, 3.05) is 17.7 Å². The quantitative estimate of drug-likeness (QED) is 0.159. The van der Waals surface area contributed by atoms with E-state index in [4.69, 9.17) is 16.3 Å². The van der Waals surface area contributed by atoms with Gasteiger partial charge in [-0.3, -0.25) is 10.1 Å². The average molecular weight is 633 g/mol. The monoisotopic (exact) mass is 632 g/mol. The minimum absolute atomic E-state index is 0.135. The number of aromatic nitrogens is 3. The van der Waals surface area contributed by atoms with Gasteiger partial charge in [-0.05, 0) is 60.4 Å². The van der Waals surface area contributed by atoms with Crippen molar-refractivity contribution in [3.63, 3.8) is 0 Å². The zero-order chi connectivity index (χ0) is 32.2. The lowest BCUT2D eigenvalue weighted by atomic mass is 9.87. The first-order valence-electron chi connectivity index (χ1n) is 14.7. The van der Waals surface area contributed by atoms with Crippen molar-refractivity contribution in [3.05, 3.63) is 118 Å². The molecule has 2 amide bonds. The van der Waals surface area contributed by atoms with Crippen LogP contribution in [0.2, 0.25) is 5.02 Å². The number of carbonyl (C=O) groups excluding carboxylic acids is 2. The number of carbonyl (C=O) groups is 2. The molecule has 10 nitrogen and oxygen atoms in total. The first kappa shape index (κ1) is 30.4. The molecule has 0 radical (unpaired) electrons. The Morgan fingerprint density at radius 2 is 1.98 bits per heavy atom. The summed E-state index contributed by atoms with van der Waals surface area (Å²) in [5, 5.41) is 33.5. The highest BCUT2D eigenvalue weighted by atomic mass is 35.5. The van der Waals surface area contributed by atoms with Crippen molar-refractivity contribution in [2.24, 2.45) is 0 Å². The molecule has 3 heterocycles. The highest BCUT2D eigenvalue weighted by Crippen LogP contribution is 2.37. The van der Waals surface area contributed by atoms with Crippen LogP contribution in [0, 0.1) is 16.5 Å². The third-order valence-corrected chi connectivity index (χ3v) is 8.24. The minimum atomic E-state index is -0.609. The number of hydrogen-bond acceptors (Lipinski definition) is 6. The highest BCUT2D eigenvalue weighted by molar-refractivity contribution is 6.31. The van der Waals surface area contributed by atoms with E-state index in [2.05, 4.69) is 21.8 Å². The van der Waals surface area contributed by atoms with Crippen molar-refractivity contribution in [2.45, 2.75) is 31.6 Å². The molecule has 0 saturated heterocycles. The molecule has 5 aromatic rings. The van der Waals surface area contributed by atoms with Gasteiger partial charge >= 0.3 is 6.09 Å². The first-order chi connectivity index (χ1) is 22.3. The number of amides is 2. The second kappa shape index (κ2) is 13.1. The normalized spacial score (nSPS) is 14.5. The Labute approximate surface area is 270 Å². The minimum Gasteiger partial charge on any atom is -0.618 e. The summed E-state index contributed by atoms with van der Waals surface area (Å²) in [6, 6.07) is 24.4. The summed E-state index contributed by atoms with van der Waals surface area (Å²) >= 11 is 6.37. The predicted molar refractivity (Wildman–Crippen MR) is 175 cm³/mol. The number of anilines is 2. The van der Waals surface area contributed by atoms with Gasteiger partial charge in [0, 0.05) is 46.1 Å². The van der Waals surface area contributed by atoms with Crippen LogP contribution in [0.25, 0.3) is 27.9 Å². The van der Waals surface area contributed by atoms with Crippen molar-refractivity contribution < 1.29 is 19.1 Å². The van der Waals surface area contributed by atoms with Crippen LogP contribution in [-0.4, -0.2) is 28.9 Å². The lowest BCUT2D eigenvalue weighted by Gasteiger charge is -2.21. The second-order valence-electron chi connectivity index (χ2n) is 11.0. The van der Waals surface area contributed by atoms with Crippen LogP contribution in [0.3, 0.4) is 0 Å². The Morgan fingerprint density at radius 1 is 1.11 bits per heavy atom. The molecule has 2 bridgehead atoms. The number of benzene rings is 3. The Bertz CT molecular complexity index is 2000. The third kappa shape index (κ3) is 6.41. The van der Waals surface area contributed by atoms with Gasteiger partial charge in [-0.2, -0.15) is 15.1 Å². The second-order valence-corrected chi connectivity index (χ2v) is 11.4. The number of pyridine rings is 1. The van der Waals surface area contributed by atoms with Gasteiger partial charge in [0.2, 0.25) is 5.91 Å². The van der Waals surface area contributed by atoms with Crippen molar-refractivity contribution in [1.29, 1.82) is 5.26 Å². The summed E-state index contributed by atoms with van der Waals surface area (Å²) in [5.74, 6) is -0.370. The maximum Gasteiger partial charge on any atom is 0.411 e. The molecule has 6 rings (SSSR count). The van der Waals surface area contributed by atoms with E-state index < -0.39 is 6.09 Å². The number of fused-ring (bicyclic) bond motifs is 4. The lowest BCUT2D eigenvalue weighted by Crippen LogP contribution is -2.33. The summed E-state index contributed by atoms with van der Waals surface area (Å²) < 4.78 is 7.21. The van der Waals surface area contributed by atoms with Gasteiger partial charge in [0.05, 0.1) is 36.2 Å². The standard InChI is InChI=1S/C35H29ClN6O4/c1-46-35(44)39-27-11-12-28-23-5-4-6-24(15-23)29(7-2-3-8-34(43)40-31(28)17-27)33-13-9-25(21-42(33)45)30-16-26(36)10-14-32(30)41-20-22(18-37)19-38-41/h4-6,9-17,19-21,29H,2-3,7-8H2,1H3,(H,39,44)(H,40,43)/t29-/m0/s1. The molecule has 11 heteroatoms. The van der Waals surface area contributed by atoms with E-state index in [1.165, 1.54) is 19.5 Å². The number of nitrogens with one attached hydrogen (secondary N) is 2. The van der Waals surface area contributed by atoms with E-state index >= 15 is 0 Å². The van der Waals surface area contributed by atoms with Gasteiger partial charge in [0.15, 0.2) is 11.9 Å². The maximum atomic E-state index is 13.8. The fraction of sp³-hybridized carbons (Fsp3) is 0.171. The zero-order valence-electron chi connectivity index (χ0n) is 24.9. The Morgan fingerprint density at radius 3 is 2.76 bits per heavy atom. The van der Waals surface area contributed by atoms with Crippen LogP contribution in [0.5, 0.6) is 0 Å². The van der Waals surface area contributed by atoms with E-state index in [1.807, 2.05) is 42.5 Å². The highest BCUT2D eigenvalue weighted by Gasteiger charge is 2.25. The van der Waals surface area contributed by atoms with Gasteiger partial charge in [-0.15, -0.1) is 0 Å². The third-order valence-electron chi connectivity index (χ3n) is 8.00. The number of nitrogens with zero attached hydrogens (tertiary/aromatic N) is 4.